The Morgan fingerprint density at radius 2 is 1.90 bits per heavy atom. The van der Waals surface area contributed by atoms with E-state index in [1.54, 1.807) is 6.07 Å². The standard InChI is InChI=1S/C15H19BrN2O3/c1-10-9-11(16)5-6-12(10)17-14(21)18-15(13(19)20)7-3-2-4-8-15/h5-6,9H,2-4,7-8H2,1H3,(H,19,20)(H2,17,18,21). The number of hydrogen-bond donors (Lipinski definition) is 3. The summed E-state index contributed by atoms with van der Waals surface area (Å²) in [6.45, 7) is 1.88. The van der Waals surface area contributed by atoms with E-state index in [9.17, 15) is 14.7 Å². The molecule has 0 spiro atoms. The third-order valence-electron chi connectivity index (χ3n) is 3.91. The lowest BCUT2D eigenvalue weighted by atomic mass is 9.82. The summed E-state index contributed by atoms with van der Waals surface area (Å²) in [6, 6.07) is 5.04. The number of amides is 2. The number of carbonyl (C=O) groups excluding carboxylic acids is 1. The van der Waals surface area contributed by atoms with Gasteiger partial charge in [0.05, 0.1) is 0 Å². The largest absolute Gasteiger partial charge is 0.480 e. The van der Waals surface area contributed by atoms with Crippen molar-refractivity contribution < 1.29 is 14.7 Å². The first-order valence-corrected chi connectivity index (χ1v) is 7.81. The van der Waals surface area contributed by atoms with Gasteiger partial charge in [-0.3, -0.25) is 0 Å². The maximum atomic E-state index is 12.1. The molecule has 2 rings (SSSR count). The van der Waals surface area contributed by atoms with Gasteiger partial charge in [0.1, 0.15) is 5.54 Å². The highest BCUT2D eigenvalue weighted by molar-refractivity contribution is 9.10. The van der Waals surface area contributed by atoms with Gasteiger partial charge in [0.25, 0.3) is 0 Å². The predicted octanol–water partition coefficient (Wildman–Crippen LogP) is 3.67. The van der Waals surface area contributed by atoms with Crippen LogP contribution in [-0.4, -0.2) is 22.6 Å². The Kier molecular flexibility index (Phi) is 4.88. The minimum absolute atomic E-state index is 0.468. The molecule has 1 fully saturated rings. The highest BCUT2D eigenvalue weighted by atomic mass is 79.9. The van der Waals surface area contributed by atoms with Gasteiger partial charge in [0.2, 0.25) is 0 Å². The van der Waals surface area contributed by atoms with E-state index in [2.05, 4.69) is 26.6 Å². The van der Waals surface area contributed by atoms with Crippen molar-refractivity contribution in [2.45, 2.75) is 44.6 Å². The number of nitrogens with one attached hydrogen (secondary N) is 2. The van der Waals surface area contributed by atoms with Crippen LogP contribution in [0.15, 0.2) is 22.7 Å². The number of carbonyl (C=O) groups is 2. The van der Waals surface area contributed by atoms with Gasteiger partial charge in [-0.1, -0.05) is 35.2 Å². The molecule has 0 radical (unpaired) electrons. The molecule has 114 valence electrons. The van der Waals surface area contributed by atoms with Gasteiger partial charge in [-0.25, -0.2) is 9.59 Å². The zero-order valence-corrected chi connectivity index (χ0v) is 13.5. The summed E-state index contributed by atoms with van der Waals surface area (Å²) in [6.07, 6.45) is 3.63. The highest BCUT2D eigenvalue weighted by Crippen LogP contribution is 2.29. The summed E-state index contributed by atoms with van der Waals surface area (Å²) in [4.78, 5) is 23.7. The molecule has 0 aromatic heterocycles. The number of rotatable bonds is 3. The van der Waals surface area contributed by atoms with Crippen LogP contribution >= 0.6 is 15.9 Å². The fourth-order valence-corrected chi connectivity index (χ4v) is 3.16. The fourth-order valence-electron chi connectivity index (χ4n) is 2.69. The van der Waals surface area contributed by atoms with Crippen molar-refractivity contribution in [2.24, 2.45) is 0 Å². The Morgan fingerprint density at radius 1 is 1.24 bits per heavy atom. The molecule has 0 unspecified atom stereocenters. The van der Waals surface area contributed by atoms with E-state index in [1.807, 2.05) is 19.1 Å². The number of halogens is 1. The van der Waals surface area contributed by atoms with Gasteiger partial charge in [0.15, 0.2) is 0 Å². The summed E-state index contributed by atoms with van der Waals surface area (Å²) >= 11 is 3.36. The van der Waals surface area contributed by atoms with Gasteiger partial charge in [-0.2, -0.15) is 0 Å². The number of carboxylic acids is 1. The number of aliphatic carboxylic acids is 1. The quantitative estimate of drug-likeness (QED) is 0.774. The second kappa shape index (κ2) is 6.47. The van der Waals surface area contributed by atoms with Crippen LogP contribution in [0.25, 0.3) is 0 Å². The first kappa shape index (κ1) is 15.8. The lowest BCUT2D eigenvalue weighted by Gasteiger charge is -2.33. The molecular weight excluding hydrogens is 336 g/mol. The molecule has 3 N–H and O–H groups in total. The van der Waals surface area contributed by atoms with Gasteiger partial charge in [-0.05, 0) is 43.5 Å². The Balaban J connectivity index is 2.07. The predicted molar refractivity (Wildman–Crippen MR) is 84.5 cm³/mol. The Morgan fingerprint density at radius 3 is 2.48 bits per heavy atom. The number of urea groups is 1. The molecule has 0 heterocycles. The number of anilines is 1. The van der Waals surface area contributed by atoms with E-state index in [-0.39, 0.29) is 0 Å². The topological polar surface area (TPSA) is 78.4 Å². The van der Waals surface area contributed by atoms with Crippen LogP contribution in [0.3, 0.4) is 0 Å². The third-order valence-corrected chi connectivity index (χ3v) is 4.40. The number of aryl methyl sites for hydroxylation is 1. The van der Waals surface area contributed by atoms with E-state index in [4.69, 9.17) is 0 Å². The van der Waals surface area contributed by atoms with Crippen LogP contribution in [0.4, 0.5) is 10.5 Å². The first-order chi connectivity index (χ1) is 9.93. The number of carboxylic acid groups (broad SMARTS) is 1. The molecule has 0 aliphatic heterocycles. The van der Waals surface area contributed by atoms with Crippen molar-refractivity contribution in [3.8, 4) is 0 Å². The second-order valence-corrected chi connectivity index (χ2v) is 6.40. The summed E-state index contributed by atoms with van der Waals surface area (Å²) in [7, 11) is 0. The molecule has 21 heavy (non-hydrogen) atoms. The molecule has 6 heteroatoms. The third kappa shape index (κ3) is 3.75. The molecule has 1 saturated carbocycles. The SMILES string of the molecule is Cc1cc(Br)ccc1NC(=O)NC1(C(=O)O)CCCCC1. The van der Waals surface area contributed by atoms with Crippen LogP contribution in [-0.2, 0) is 4.79 Å². The summed E-state index contributed by atoms with van der Waals surface area (Å²) in [5.41, 5.74) is 0.450. The Labute approximate surface area is 132 Å². The monoisotopic (exact) mass is 354 g/mol. The van der Waals surface area contributed by atoms with Crippen LogP contribution in [0.2, 0.25) is 0 Å². The second-order valence-electron chi connectivity index (χ2n) is 5.49. The average Bonchev–Trinajstić information content (AvgIpc) is 2.43. The van der Waals surface area contributed by atoms with Crippen molar-refractivity contribution in [2.75, 3.05) is 5.32 Å². The molecular formula is C15H19BrN2O3. The van der Waals surface area contributed by atoms with E-state index in [0.29, 0.717) is 18.5 Å². The van der Waals surface area contributed by atoms with Crippen molar-refractivity contribution in [1.29, 1.82) is 0 Å². The molecule has 1 aromatic rings. The van der Waals surface area contributed by atoms with Gasteiger partial charge in [0, 0.05) is 10.2 Å². The zero-order valence-electron chi connectivity index (χ0n) is 11.9. The first-order valence-electron chi connectivity index (χ1n) is 7.02. The smallest absolute Gasteiger partial charge is 0.329 e. The van der Waals surface area contributed by atoms with Gasteiger partial charge >= 0.3 is 12.0 Å². The molecule has 1 aromatic carbocycles. The molecule has 2 amide bonds. The van der Waals surface area contributed by atoms with E-state index in [1.165, 1.54) is 0 Å². The summed E-state index contributed by atoms with van der Waals surface area (Å²) < 4.78 is 0.931. The van der Waals surface area contributed by atoms with E-state index < -0.39 is 17.5 Å². The van der Waals surface area contributed by atoms with Crippen LogP contribution in [0.5, 0.6) is 0 Å². The Hall–Kier alpha value is -1.56. The van der Waals surface area contributed by atoms with Crippen LogP contribution < -0.4 is 10.6 Å². The number of hydrogen-bond acceptors (Lipinski definition) is 2. The van der Waals surface area contributed by atoms with Gasteiger partial charge in [-0.15, -0.1) is 0 Å². The van der Waals surface area contributed by atoms with Crippen molar-refractivity contribution in [1.82, 2.24) is 5.32 Å². The molecule has 1 aliphatic rings. The average molecular weight is 355 g/mol. The maximum absolute atomic E-state index is 12.1. The lowest BCUT2D eigenvalue weighted by Crippen LogP contribution is -2.56. The normalized spacial score (nSPS) is 17.0. The number of benzene rings is 1. The highest BCUT2D eigenvalue weighted by Gasteiger charge is 2.41. The minimum atomic E-state index is -1.13. The van der Waals surface area contributed by atoms with Crippen LogP contribution in [0.1, 0.15) is 37.7 Å². The van der Waals surface area contributed by atoms with Crippen molar-refractivity contribution in [3.05, 3.63) is 28.2 Å². The van der Waals surface area contributed by atoms with Crippen molar-refractivity contribution in [3.63, 3.8) is 0 Å². The molecule has 1 aliphatic carbocycles. The van der Waals surface area contributed by atoms with E-state index in [0.717, 1.165) is 29.3 Å². The van der Waals surface area contributed by atoms with Crippen LogP contribution in [0, 0.1) is 6.92 Å². The molecule has 0 bridgehead atoms. The lowest BCUT2D eigenvalue weighted by molar-refractivity contribution is -0.145. The fraction of sp³-hybridized carbons (Fsp3) is 0.467. The summed E-state index contributed by atoms with van der Waals surface area (Å²) in [5, 5.41) is 14.8. The zero-order chi connectivity index (χ0) is 15.5. The van der Waals surface area contributed by atoms with E-state index >= 15 is 0 Å². The minimum Gasteiger partial charge on any atom is -0.480 e. The molecule has 5 nitrogen and oxygen atoms in total. The molecule has 0 saturated heterocycles. The maximum Gasteiger partial charge on any atom is 0.329 e. The van der Waals surface area contributed by atoms with Crippen molar-refractivity contribution >= 4 is 33.6 Å². The summed E-state index contributed by atoms with van der Waals surface area (Å²) in [5.74, 6) is -0.954. The van der Waals surface area contributed by atoms with Gasteiger partial charge < -0.3 is 15.7 Å². The Bertz CT molecular complexity index is 554. The molecule has 0 atom stereocenters.